The highest BCUT2D eigenvalue weighted by Gasteiger charge is 2.22. The zero-order valence-electron chi connectivity index (χ0n) is 13.9. The Morgan fingerprint density at radius 2 is 1.72 bits per heavy atom. The molecule has 0 aliphatic rings. The Morgan fingerprint density at radius 3 is 2.24 bits per heavy atom. The van der Waals surface area contributed by atoms with Crippen LogP contribution in [0.15, 0.2) is 36.4 Å². The van der Waals surface area contributed by atoms with E-state index < -0.39 is 30.3 Å². The standard InChI is InChI=1S/C17H19ClO7/c1-10(2)15(20)24-11(3)25-17(22)14-7-5-4-6-13(14)16(21)23-9-12(19)8-18/h4-7,11-12,19H,1,8-9H2,2-3H3. The van der Waals surface area contributed by atoms with Gasteiger partial charge in [0.2, 0.25) is 6.29 Å². The minimum atomic E-state index is -1.17. The first kappa shape index (κ1) is 20.7. The lowest BCUT2D eigenvalue weighted by atomic mass is 10.1. The molecule has 1 N–H and O–H groups in total. The quantitative estimate of drug-likeness (QED) is 0.323. The molecule has 0 radical (unpaired) electrons. The summed E-state index contributed by atoms with van der Waals surface area (Å²) < 4.78 is 14.7. The van der Waals surface area contributed by atoms with E-state index in [2.05, 4.69) is 6.58 Å². The summed E-state index contributed by atoms with van der Waals surface area (Å²) in [6.45, 7) is 5.92. The number of carbonyl (C=O) groups is 3. The number of hydrogen-bond acceptors (Lipinski definition) is 7. The predicted molar refractivity (Wildman–Crippen MR) is 89.2 cm³/mol. The third-order valence-corrected chi connectivity index (χ3v) is 3.20. The molecule has 0 bridgehead atoms. The summed E-state index contributed by atoms with van der Waals surface area (Å²) in [4.78, 5) is 35.7. The second-order valence-corrected chi connectivity index (χ2v) is 5.42. The molecule has 0 fully saturated rings. The average Bonchev–Trinajstić information content (AvgIpc) is 2.58. The molecule has 0 spiro atoms. The molecular weight excluding hydrogens is 352 g/mol. The molecule has 7 nitrogen and oxygen atoms in total. The summed E-state index contributed by atoms with van der Waals surface area (Å²) >= 11 is 5.42. The fraction of sp³-hybridized carbons (Fsp3) is 0.353. The molecule has 0 saturated carbocycles. The van der Waals surface area contributed by atoms with Gasteiger partial charge in [-0.1, -0.05) is 18.7 Å². The van der Waals surface area contributed by atoms with Crippen LogP contribution in [0, 0.1) is 0 Å². The van der Waals surface area contributed by atoms with E-state index >= 15 is 0 Å². The molecule has 1 aromatic rings. The highest BCUT2D eigenvalue weighted by atomic mass is 35.5. The average molecular weight is 371 g/mol. The van der Waals surface area contributed by atoms with Crippen LogP contribution in [0.5, 0.6) is 0 Å². The first-order valence-electron chi connectivity index (χ1n) is 7.34. The highest BCUT2D eigenvalue weighted by molar-refractivity contribution is 6.18. The Morgan fingerprint density at radius 1 is 1.16 bits per heavy atom. The summed E-state index contributed by atoms with van der Waals surface area (Å²) in [5, 5.41) is 9.32. The minimum Gasteiger partial charge on any atom is -0.459 e. The Hall–Kier alpha value is -2.38. The van der Waals surface area contributed by atoms with Crippen LogP contribution < -0.4 is 0 Å². The van der Waals surface area contributed by atoms with Crippen molar-refractivity contribution in [1.29, 1.82) is 0 Å². The lowest BCUT2D eigenvalue weighted by molar-refractivity contribution is -0.160. The maximum Gasteiger partial charge on any atom is 0.342 e. The monoisotopic (exact) mass is 370 g/mol. The lowest BCUT2D eigenvalue weighted by Gasteiger charge is -2.15. The van der Waals surface area contributed by atoms with Crippen molar-refractivity contribution < 1.29 is 33.7 Å². The van der Waals surface area contributed by atoms with Crippen LogP contribution in [0.1, 0.15) is 34.6 Å². The van der Waals surface area contributed by atoms with Gasteiger partial charge in [0.05, 0.1) is 17.0 Å². The van der Waals surface area contributed by atoms with Gasteiger partial charge in [0.25, 0.3) is 0 Å². The number of carbonyl (C=O) groups excluding carboxylic acids is 3. The number of aliphatic hydroxyl groups is 1. The minimum absolute atomic E-state index is 0.0484. The summed E-state index contributed by atoms with van der Waals surface area (Å²) in [5.41, 5.74) is 0.0449. The summed E-state index contributed by atoms with van der Waals surface area (Å²) in [7, 11) is 0. The number of halogens is 1. The van der Waals surface area contributed by atoms with E-state index in [1.54, 1.807) is 0 Å². The molecule has 0 saturated heterocycles. The fourth-order valence-electron chi connectivity index (χ4n) is 1.62. The van der Waals surface area contributed by atoms with Crippen LogP contribution in [-0.4, -0.2) is 47.9 Å². The van der Waals surface area contributed by atoms with E-state index in [0.29, 0.717) is 0 Å². The number of rotatable bonds is 8. The molecule has 1 aromatic carbocycles. The van der Waals surface area contributed by atoms with Crippen molar-refractivity contribution in [2.75, 3.05) is 12.5 Å². The summed E-state index contributed by atoms with van der Waals surface area (Å²) in [6, 6.07) is 5.81. The third kappa shape index (κ3) is 6.56. The van der Waals surface area contributed by atoms with Gasteiger partial charge in [-0.3, -0.25) is 0 Å². The number of benzene rings is 1. The van der Waals surface area contributed by atoms with Crippen molar-refractivity contribution in [1.82, 2.24) is 0 Å². The van der Waals surface area contributed by atoms with Crippen molar-refractivity contribution in [3.63, 3.8) is 0 Å². The van der Waals surface area contributed by atoms with Crippen LogP contribution in [0.25, 0.3) is 0 Å². The van der Waals surface area contributed by atoms with Gasteiger partial charge in [0.15, 0.2) is 0 Å². The molecule has 0 amide bonds. The van der Waals surface area contributed by atoms with Gasteiger partial charge in [-0.25, -0.2) is 14.4 Å². The number of aliphatic hydroxyl groups excluding tert-OH is 1. The van der Waals surface area contributed by atoms with Gasteiger partial charge in [-0.2, -0.15) is 0 Å². The Kier molecular flexibility index (Phi) is 8.10. The number of alkyl halides is 1. The topological polar surface area (TPSA) is 99.1 Å². The largest absolute Gasteiger partial charge is 0.459 e. The van der Waals surface area contributed by atoms with Crippen molar-refractivity contribution in [3.8, 4) is 0 Å². The molecule has 0 aliphatic carbocycles. The van der Waals surface area contributed by atoms with Crippen LogP contribution in [0.4, 0.5) is 0 Å². The molecule has 1 rings (SSSR count). The van der Waals surface area contributed by atoms with E-state index in [4.69, 9.17) is 25.8 Å². The zero-order chi connectivity index (χ0) is 19.0. The SMILES string of the molecule is C=C(C)C(=O)OC(C)OC(=O)c1ccccc1C(=O)OCC(O)CCl. The summed E-state index contributed by atoms with van der Waals surface area (Å²) in [6.07, 6.45) is -2.18. The van der Waals surface area contributed by atoms with E-state index in [-0.39, 0.29) is 29.2 Å². The molecule has 0 aliphatic heterocycles. The number of hydrogen-bond donors (Lipinski definition) is 1. The molecule has 25 heavy (non-hydrogen) atoms. The first-order valence-corrected chi connectivity index (χ1v) is 7.87. The molecule has 0 aromatic heterocycles. The molecular formula is C17H19ClO7. The number of ether oxygens (including phenoxy) is 3. The molecule has 0 heterocycles. The molecule has 136 valence electrons. The van der Waals surface area contributed by atoms with Gasteiger partial charge in [-0.15, -0.1) is 11.6 Å². The van der Waals surface area contributed by atoms with Crippen LogP contribution in [-0.2, 0) is 19.0 Å². The van der Waals surface area contributed by atoms with Gasteiger partial charge in [0, 0.05) is 12.5 Å². The van der Waals surface area contributed by atoms with Crippen LogP contribution in [0.3, 0.4) is 0 Å². The summed E-state index contributed by atoms with van der Waals surface area (Å²) in [5.74, 6) is -2.48. The van der Waals surface area contributed by atoms with Gasteiger partial charge >= 0.3 is 17.9 Å². The highest BCUT2D eigenvalue weighted by Crippen LogP contribution is 2.14. The Labute approximate surface area is 150 Å². The second kappa shape index (κ2) is 9.80. The van der Waals surface area contributed by atoms with Crippen molar-refractivity contribution in [2.45, 2.75) is 26.2 Å². The number of esters is 3. The predicted octanol–water partition coefficient (Wildman–Crippen LogP) is 2.07. The Bertz CT molecular complexity index is 656. The van der Waals surface area contributed by atoms with E-state index in [1.807, 2.05) is 0 Å². The first-order chi connectivity index (χ1) is 11.8. The van der Waals surface area contributed by atoms with Crippen LogP contribution >= 0.6 is 11.6 Å². The smallest absolute Gasteiger partial charge is 0.342 e. The molecule has 2 unspecified atom stereocenters. The maximum atomic E-state index is 12.2. The Balaban J connectivity index is 2.81. The zero-order valence-corrected chi connectivity index (χ0v) is 14.6. The normalized spacial score (nSPS) is 12.6. The molecule has 2 atom stereocenters. The van der Waals surface area contributed by atoms with Crippen molar-refractivity contribution >= 4 is 29.5 Å². The van der Waals surface area contributed by atoms with E-state index in [0.717, 1.165) is 0 Å². The molecule has 8 heteroatoms. The fourth-order valence-corrected chi connectivity index (χ4v) is 1.71. The van der Waals surface area contributed by atoms with Gasteiger partial charge in [-0.05, 0) is 19.1 Å². The van der Waals surface area contributed by atoms with Gasteiger partial charge < -0.3 is 19.3 Å². The van der Waals surface area contributed by atoms with Crippen LogP contribution in [0.2, 0.25) is 0 Å². The van der Waals surface area contributed by atoms with Gasteiger partial charge in [0.1, 0.15) is 12.7 Å². The third-order valence-electron chi connectivity index (χ3n) is 2.85. The van der Waals surface area contributed by atoms with E-state index in [9.17, 15) is 19.5 Å². The maximum absolute atomic E-state index is 12.2. The lowest BCUT2D eigenvalue weighted by Crippen LogP contribution is -2.24. The van der Waals surface area contributed by atoms with E-state index in [1.165, 1.54) is 38.1 Å². The van der Waals surface area contributed by atoms with Crippen molar-refractivity contribution in [2.24, 2.45) is 0 Å². The second-order valence-electron chi connectivity index (χ2n) is 5.11. The van der Waals surface area contributed by atoms with Crippen molar-refractivity contribution in [3.05, 3.63) is 47.5 Å².